The van der Waals surface area contributed by atoms with E-state index in [1.54, 1.807) is 18.2 Å². The van der Waals surface area contributed by atoms with Gasteiger partial charge >= 0.3 is 0 Å². The minimum absolute atomic E-state index is 0.0164. The minimum Gasteiger partial charge on any atom is -0.396 e. The summed E-state index contributed by atoms with van der Waals surface area (Å²) in [4.78, 5) is 12.6. The fraction of sp³-hybridized carbons (Fsp3) is 0.235. The van der Waals surface area contributed by atoms with Crippen molar-refractivity contribution < 1.29 is 15.0 Å². The van der Waals surface area contributed by atoms with Gasteiger partial charge in [-0.1, -0.05) is 48.5 Å². The van der Waals surface area contributed by atoms with Gasteiger partial charge in [-0.25, -0.2) is 0 Å². The van der Waals surface area contributed by atoms with Crippen LogP contribution in [0.1, 0.15) is 27.0 Å². The third-order valence-corrected chi connectivity index (χ3v) is 3.30. The van der Waals surface area contributed by atoms with Gasteiger partial charge in [0.2, 0.25) is 0 Å². The van der Waals surface area contributed by atoms with Gasteiger partial charge in [0.05, 0.1) is 0 Å². The molecule has 0 amide bonds. The maximum Gasteiger partial charge on any atom is 0.193 e. The van der Waals surface area contributed by atoms with Crippen LogP contribution in [-0.2, 0) is 12.8 Å². The highest BCUT2D eigenvalue weighted by molar-refractivity contribution is 6.10. The number of rotatable bonds is 6. The first-order chi connectivity index (χ1) is 9.77. The van der Waals surface area contributed by atoms with Crippen molar-refractivity contribution in [3.05, 3.63) is 70.8 Å². The van der Waals surface area contributed by atoms with Crippen LogP contribution in [0, 0.1) is 0 Å². The molecular formula is C17H18O3. The number of aliphatic hydroxyl groups is 2. The summed E-state index contributed by atoms with van der Waals surface area (Å²) in [7, 11) is 0. The second kappa shape index (κ2) is 6.98. The number of carbonyl (C=O) groups is 1. The van der Waals surface area contributed by atoms with Crippen LogP contribution in [0.2, 0.25) is 0 Å². The van der Waals surface area contributed by atoms with E-state index in [0.717, 1.165) is 11.1 Å². The molecule has 2 aromatic carbocycles. The SMILES string of the molecule is O=C(c1ccccc1)c1cccc(CCO)c1CCO. The average molecular weight is 270 g/mol. The van der Waals surface area contributed by atoms with Crippen molar-refractivity contribution in [3.63, 3.8) is 0 Å². The number of ketones is 1. The molecule has 0 aliphatic heterocycles. The number of hydrogen-bond acceptors (Lipinski definition) is 3. The summed E-state index contributed by atoms with van der Waals surface area (Å²) in [6.45, 7) is 0.0128. The molecular weight excluding hydrogens is 252 g/mol. The summed E-state index contributed by atoms with van der Waals surface area (Å²) in [5.41, 5.74) is 2.99. The van der Waals surface area contributed by atoms with Gasteiger partial charge in [-0.3, -0.25) is 4.79 Å². The van der Waals surface area contributed by atoms with Crippen molar-refractivity contribution in [2.75, 3.05) is 13.2 Å². The first kappa shape index (κ1) is 14.4. The molecule has 0 fully saturated rings. The van der Waals surface area contributed by atoms with Crippen LogP contribution in [0.25, 0.3) is 0 Å². The summed E-state index contributed by atoms with van der Waals surface area (Å²) >= 11 is 0. The van der Waals surface area contributed by atoms with E-state index >= 15 is 0 Å². The normalized spacial score (nSPS) is 10.5. The molecule has 0 saturated carbocycles. The summed E-state index contributed by atoms with van der Waals surface area (Å²) in [6.07, 6.45) is 0.912. The summed E-state index contributed by atoms with van der Waals surface area (Å²) in [6, 6.07) is 14.6. The zero-order valence-corrected chi connectivity index (χ0v) is 11.2. The Labute approximate surface area is 118 Å². The maximum absolute atomic E-state index is 12.6. The number of benzene rings is 2. The Balaban J connectivity index is 2.45. The molecule has 3 nitrogen and oxygen atoms in total. The van der Waals surface area contributed by atoms with Crippen molar-refractivity contribution in [1.29, 1.82) is 0 Å². The van der Waals surface area contributed by atoms with Gasteiger partial charge in [0.15, 0.2) is 5.78 Å². The van der Waals surface area contributed by atoms with Gasteiger partial charge in [-0.05, 0) is 24.0 Å². The third kappa shape index (κ3) is 3.13. The van der Waals surface area contributed by atoms with E-state index in [1.807, 2.05) is 30.3 Å². The Morgan fingerprint density at radius 3 is 2.20 bits per heavy atom. The highest BCUT2D eigenvalue weighted by Gasteiger charge is 2.15. The molecule has 0 aliphatic carbocycles. The van der Waals surface area contributed by atoms with Gasteiger partial charge in [-0.2, -0.15) is 0 Å². The first-order valence-corrected chi connectivity index (χ1v) is 6.70. The van der Waals surface area contributed by atoms with Crippen molar-refractivity contribution >= 4 is 5.78 Å². The molecule has 0 aromatic heterocycles. The highest BCUT2D eigenvalue weighted by atomic mass is 16.3. The van der Waals surface area contributed by atoms with E-state index in [9.17, 15) is 9.90 Å². The molecule has 0 heterocycles. The quantitative estimate of drug-likeness (QED) is 0.789. The van der Waals surface area contributed by atoms with Crippen LogP contribution < -0.4 is 0 Å². The fourth-order valence-corrected chi connectivity index (χ4v) is 2.35. The molecule has 0 radical (unpaired) electrons. The second-order valence-corrected chi connectivity index (χ2v) is 4.59. The van der Waals surface area contributed by atoms with E-state index in [4.69, 9.17) is 5.11 Å². The lowest BCUT2D eigenvalue weighted by Crippen LogP contribution is -2.10. The number of hydrogen-bond donors (Lipinski definition) is 2. The lowest BCUT2D eigenvalue weighted by Gasteiger charge is -2.13. The molecule has 0 aliphatic rings. The lowest BCUT2D eigenvalue weighted by atomic mass is 9.92. The fourth-order valence-electron chi connectivity index (χ4n) is 2.35. The zero-order valence-electron chi connectivity index (χ0n) is 11.2. The zero-order chi connectivity index (χ0) is 14.4. The average Bonchev–Trinajstić information content (AvgIpc) is 2.49. The Bertz CT molecular complexity index is 576. The summed E-state index contributed by atoms with van der Waals surface area (Å²) in [5, 5.41) is 18.3. The Kier molecular flexibility index (Phi) is 5.04. The maximum atomic E-state index is 12.6. The molecule has 0 saturated heterocycles. The van der Waals surface area contributed by atoms with E-state index in [0.29, 0.717) is 24.0 Å². The van der Waals surface area contributed by atoms with Gasteiger partial charge in [-0.15, -0.1) is 0 Å². The standard InChI is InChI=1S/C17H18O3/c18-11-9-13-7-4-8-16(15(13)10-12-19)17(20)14-5-2-1-3-6-14/h1-8,18-19H,9-12H2. The Hall–Kier alpha value is -1.97. The molecule has 0 atom stereocenters. The van der Waals surface area contributed by atoms with Gasteiger partial charge in [0, 0.05) is 24.3 Å². The van der Waals surface area contributed by atoms with Gasteiger partial charge < -0.3 is 10.2 Å². The highest BCUT2D eigenvalue weighted by Crippen LogP contribution is 2.20. The predicted octanol–water partition coefficient (Wildman–Crippen LogP) is 1.99. The lowest BCUT2D eigenvalue weighted by molar-refractivity contribution is 0.103. The first-order valence-electron chi connectivity index (χ1n) is 6.70. The van der Waals surface area contributed by atoms with Gasteiger partial charge in [0.25, 0.3) is 0 Å². The van der Waals surface area contributed by atoms with Crippen LogP contribution in [0.3, 0.4) is 0 Å². The van der Waals surface area contributed by atoms with E-state index in [2.05, 4.69) is 0 Å². The van der Waals surface area contributed by atoms with Crippen LogP contribution in [0.4, 0.5) is 0 Å². The molecule has 2 N–H and O–H groups in total. The number of aliphatic hydroxyl groups excluding tert-OH is 2. The van der Waals surface area contributed by atoms with E-state index in [1.165, 1.54) is 0 Å². The van der Waals surface area contributed by atoms with Crippen molar-refractivity contribution in [2.45, 2.75) is 12.8 Å². The van der Waals surface area contributed by atoms with E-state index in [-0.39, 0.29) is 19.0 Å². The van der Waals surface area contributed by atoms with Gasteiger partial charge in [0.1, 0.15) is 0 Å². The number of carbonyl (C=O) groups excluding carboxylic acids is 1. The summed E-state index contributed by atoms with van der Waals surface area (Å²) < 4.78 is 0. The molecule has 3 heteroatoms. The molecule has 2 aromatic rings. The monoisotopic (exact) mass is 270 g/mol. The van der Waals surface area contributed by atoms with Crippen LogP contribution in [0.5, 0.6) is 0 Å². The molecule has 0 unspecified atom stereocenters. The van der Waals surface area contributed by atoms with Crippen molar-refractivity contribution in [2.24, 2.45) is 0 Å². The molecule has 2 rings (SSSR count). The second-order valence-electron chi connectivity index (χ2n) is 4.59. The smallest absolute Gasteiger partial charge is 0.193 e. The topological polar surface area (TPSA) is 57.5 Å². The molecule has 0 bridgehead atoms. The predicted molar refractivity (Wildman–Crippen MR) is 77.9 cm³/mol. The van der Waals surface area contributed by atoms with Crippen LogP contribution in [0.15, 0.2) is 48.5 Å². The largest absolute Gasteiger partial charge is 0.396 e. The van der Waals surface area contributed by atoms with Crippen LogP contribution in [-0.4, -0.2) is 29.2 Å². The Morgan fingerprint density at radius 2 is 1.55 bits per heavy atom. The van der Waals surface area contributed by atoms with E-state index < -0.39 is 0 Å². The molecule has 20 heavy (non-hydrogen) atoms. The summed E-state index contributed by atoms with van der Waals surface area (Å²) in [5.74, 6) is -0.0474. The van der Waals surface area contributed by atoms with Crippen LogP contribution >= 0.6 is 0 Å². The molecule has 0 spiro atoms. The minimum atomic E-state index is -0.0474. The Morgan fingerprint density at radius 1 is 0.850 bits per heavy atom. The third-order valence-electron chi connectivity index (χ3n) is 3.30. The molecule has 104 valence electrons. The van der Waals surface area contributed by atoms with Crippen molar-refractivity contribution in [1.82, 2.24) is 0 Å². The van der Waals surface area contributed by atoms with Crippen molar-refractivity contribution in [3.8, 4) is 0 Å².